The van der Waals surface area contributed by atoms with E-state index in [0.29, 0.717) is 32.5 Å². The number of halogens is 1. The Balaban J connectivity index is 1.59. The van der Waals surface area contributed by atoms with E-state index >= 15 is 0 Å². The highest BCUT2D eigenvalue weighted by atomic mass is 79.9. The number of likely N-dealkylation sites (tertiary alicyclic amines) is 1. The van der Waals surface area contributed by atoms with Crippen LogP contribution in [0.4, 0.5) is 0 Å². The average Bonchev–Trinajstić information content (AvgIpc) is 2.68. The van der Waals surface area contributed by atoms with E-state index in [1.165, 1.54) is 0 Å². The third kappa shape index (κ3) is 7.91. The minimum Gasteiger partial charge on any atom is -0.494 e. The maximum Gasteiger partial charge on any atom is 0.223 e. The van der Waals surface area contributed by atoms with Gasteiger partial charge in [-0.1, -0.05) is 41.8 Å². The topological polar surface area (TPSA) is 58.6 Å². The molecule has 2 amide bonds. The fraction of sp³-hybridized carbons (Fsp3) is 0.619. The molecule has 1 saturated heterocycles. The van der Waals surface area contributed by atoms with Crippen LogP contribution < -0.4 is 10.1 Å². The van der Waals surface area contributed by atoms with Gasteiger partial charge in [0.1, 0.15) is 5.75 Å². The lowest BCUT2D eigenvalue weighted by molar-refractivity contribution is -0.135. The maximum atomic E-state index is 12.3. The Morgan fingerprint density at radius 1 is 1.22 bits per heavy atom. The van der Waals surface area contributed by atoms with E-state index in [2.05, 4.69) is 28.2 Å². The van der Waals surface area contributed by atoms with Gasteiger partial charge in [0.2, 0.25) is 11.8 Å². The van der Waals surface area contributed by atoms with Crippen molar-refractivity contribution in [1.82, 2.24) is 10.2 Å². The van der Waals surface area contributed by atoms with Gasteiger partial charge in [-0.15, -0.1) is 0 Å². The standard InChI is InChI=1S/C21H31BrN2O3/c1-2-3-4-12-23-21(26)17-10-13-24(14-11-17)20(25)9-6-15-27-19-8-5-7-18(22)16-19/h5,7-8,16-17H,2-4,6,9-15H2,1H3,(H,23,26). The van der Waals surface area contributed by atoms with Gasteiger partial charge in [0.05, 0.1) is 6.61 Å². The van der Waals surface area contributed by atoms with Gasteiger partial charge in [0.15, 0.2) is 0 Å². The van der Waals surface area contributed by atoms with Crippen LogP contribution in [0.15, 0.2) is 28.7 Å². The first kappa shape index (κ1) is 21.7. The Bertz CT molecular complexity index is 601. The number of nitrogens with zero attached hydrogens (tertiary/aromatic N) is 1. The minimum absolute atomic E-state index is 0.0514. The third-order valence-corrected chi connectivity index (χ3v) is 5.39. The number of rotatable bonds is 10. The van der Waals surface area contributed by atoms with Crippen LogP contribution in [0.1, 0.15) is 51.9 Å². The second kappa shape index (κ2) is 12.0. The van der Waals surface area contributed by atoms with Gasteiger partial charge in [0.25, 0.3) is 0 Å². The van der Waals surface area contributed by atoms with E-state index in [0.717, 1.165) is 48.9 Å². The van der Waals surface area contributed by atoms with E-state index in [4.69, 9.17) is 4.74 Å². The van der Waals surface area contributed by atoms with Crippen molar-refractivity contribution in [3.05, 3.63) is 28.7 Å². The summed E-state index contributed by atoms with van der Waals surface area (Å²) in [6.07, 6.45) is 6.06. The Hall–Kier alpha value is -1.56. The summed E-state index contributed by atoms with van der Waals surface area (Å²) in [5, 5.41) is 3.03. The van der Waals surface area contributed by atoms with Crippen molar-refractivity contribution >= 4 is 27.7 Å². The maximum absolute atomic E-state index is 12.3. The van der Waals surface area contributed by atoms with E-state index in [1.807, 2.05) is 29.2 Å². The Morgan fingerprint density at radius 2 is 2.00 bits per heavy atom. The highest BCUT2D eigenvalue weighted by molar-refractivity contribution is 9.10. The summed E-state index contributed by atoms with van der Waals surface area (Å²) in [7, 11) is 0. The van der Waals surface area contributed by atoms with Crippen molar-refractivity contribution in [2.24, 2.45) is 5.92 Å². The van der Waals surface area contributed by atoms with Gasteiger partial charge in [-0.3, -0.25) is 9.59 Å². The second-order valence-electron chi connectivity index (χ2n) is 7.06. The largest absolute Gasteiger partial charge is 0.494 e. The van der Waals surface area contributed by atoms with Crippen LogP contribution in [0.5, 0.6) is 5.75 Å². The lowest BCUT2D eigenvalue weighted by Gasteiger charge is -2.31. The lowest BCUT2D eigenvalue weighted by Crippen LogP contribution is -2.43. The summed E-state index contributed by atoms with van der Waals surface area (Å²) in [5.74, 6) is 1.17. The number of hydrogen-bond acceptors (Lipinski definition) is 3. The van der Waals surface area contributed by atoms with E-state index < -0.39 is 0 Å². The van der Waals surface area contributed by atoms with Crippen molar-refractivity contribution in [2.75, 3.05) is 26.2 Å². The zero-order valence-corrected chi connectivity index (χ0v) is 17.8. The minimum atomic E-state index is 0.0514. The molecule has 27 heavy (non-hydrogen) atoms. The number of ether oxygens (including phenoxy) is 1. The molecule has 0 radical (unpaired) electrons. The molecule has 0 atom stereocenters. The zero-order valence-electron chi connectivity index (χ0n) is 16.2. The normalized spacial score (nSPS) is 14.8. The highest BCUT2D eigenvalue weighted by Gasteiger charge is 2.26. The number of piperidine rings is 1. The summed E-state index contributed by atoms with van der Waals surface area (Å²) < 4.78 is 6.65. The molecule has 150 valence electrons. The molecule has 1 fully saturated rings. The van der Waals surface area contributed by atoms with Crippen molar-refractivity contribution in [3.63, 3.8) is 0 Å². The smallest absolute Gasteiger partial charge is 0.223 e. The molecule has 1 N–H and O–H groups in total. The molecule has 0 aromatic heterocycles. The van der Waals surface area contributed by atoms with Crippen molar-refractivity contribution in [2.45, 2.75) is 51.9 Å². The number of benzene rings is 1. The van der Waals surface area contributed by atoms with Gasteiger partial charge >= 0.3 is 0 Å². The number of carbonyl (C=O) groups excluding carboxylic acids is 2. The van der Waals surface area contributed by atoms with Gasteiger partial charge < -0.3 is 15.0 Å². The molecular formula is C21H31BrN2O3. The molecule has 1 heterocycles. The number of hydrogen-bond donors (Lipinski definition) is 1. The van der Waals surface area contributed by atoms with Crippen LogP contribution >= 0.6 is 15.9 Å². The van der Waals surface area contributed by atoms with Crippen LogP contribution in [0.2, 0.25) is 0 Å². The predicted molar refractivity (Wildman–Crippen MR) is 111 cm³/mol. The first-order valence-electron chi connectivity index (χ1n) is 10.0. The second-order valence-corrected chi connectivity index (χ2v) is 7.98. The lowest BCUT2D eigenvalue weighted by atomic mass is 9.95. The van der Waals surface area contributed by atoms with E-state index in [9.17, 15) is 9.59 Å². The van der Waals surface area contributed by atoms with Gasteiger partial charge in [-0.25, -0.2) is 0 Å². The van der Waals surface area contributed by atoms with Crippen LogP contribution in [0.25, 0.3) is 0 Å². The molecule has 1 aromatic rings. The van der Waals surface area contributed by atoms with Crippen molar-refractivity contribution in [1.29, 1.82) is 0 Å². The Kier molecular flexibility index (Phi) is 9.67. The van der Waals surface area contributed by atoms with Crippen LogP contribution in [0, 0.1) is 5.92 Å². The molecule has 5 nitrogen and oxygen atoms in total. The zero-order chi connectivity index (χ0) is 19.5. The molecule has 0 unspecified atom stereocenters. The monoisotopic (exact) mass is 438 g/mol. The van der Waals surface area contributed by atoms with E-state index in [-0.39, 0.29) is 17.7 Å². The van der Waals surface area contributed by atoms with Gasteiger partial charge in [0, 0.05) is 36.4 Å². The molecule has 1 aliphatic rings. The van der Waals surface area contributed by atoms with Crippen LogP contribution in [-0.4, -0.2) is 43.0 Å². The predicted octanol–water partition coefficient (Wildman–Crippen LogP) is 4.15. The van der Waals surface area contributed by atoms with Gasteiger partial charge in [-0.2, -0.15) is 0 Å². The number of carbonyl (C=O) groups is 2. The fourth-order valence-electron chi connectivity index (χ4n) is 3.25. The summed E-state index contributed by atoms with van der Waals surface area (Å²) >= 11 is 3.41. The highest BCUT2D eigenvalue weighted by Crippen LogP contribution is 2.20. The van der Waals surface area contributed by atoms with Crippen LogP contribution in [-0.2, 0) is 9.59 Å². The molecule has 0 aliphatic carbocycles. The molecule has 1 aliphatic heterocycles. The third-order valence-electron chi connectivity index (χ3n) is 4.90. The molecule has 2 rings (SSSR count). The fourth-order valence-corrected chi connectivity index (χ4v) is 3.63. The molecule has 1 aromatic carbocycles. The molecule has 6 heteroatoms. The number of unbranched alkanes of at least 4 members (excludes halogenated alkanes) is 2. The Morgan fingerprint density at radius 3 is 2.70 bits per heavy atom. The number of nitrogens with one attached hydrogen (secondary N) is 1. The van der Waals surface area contributed by atoms with Crippen molar-refractivity contribution in [3.8, 4) is 5.75 Å². The summed E-state index contributed by atoms with van der Waals surface area (Å²) in [5.41, 5.74) is 0. The molecule has 0 saturated carbocycles. The first-order chi connectivity index (χ1) is 13.1. The van der Waals surface area contributed by atoms with Crippen molar-refractivity contribution < 1.29 is 14.3 Å². The summed E-state index contributed by atoms with van der Waals surface area (Å²) in [4.78, 5) is 26.4. The van der Waals surface area contributed by atoms with E-state index in [1.54, 1.807) is 0 Å². The summed E-state index contributed by atoms with van der Waals surface area (Å²) in [6, 6.07) is 7.70. The molecule has 0 spiro atoms. The van der Waals surface area contributed by atoms with Gasteiger partial charge in [-0.05, 0) is 43.9 Å². The molecule has 0 bridgehead atoms. The number of amides is 2. The summed E-state index contributed by atoms with van der Waals surface area (Å²) in [6.45, 7) is 4.81. The van der Waals surface area contributed by atoms with Crippen LogP contribution in [0.3, 0.4) is 0 Å². The quantitative estimate of drug-likeness (QED) is 0.558. The Labute approximate surface area is 171 Å². The molecular weight excluding hydrogens is 408 g/mol. The average molecular weight is 439 g/mol. The first-order valence-corrected chi connectivity index (χ1v) is 10.8. The SMILES string of the molecule is CCCCCNC(=O)C1CCN(C(=O)CCCOc2cccc(Br)c2)CC1.